The van der Waals surface area contributed by atoms with Gasteiger partial charge in [0.25, 0.3) is 0 Å². The number of hydrogen-bond acceptors (Lipinski definition) is 1. The summed E-state index contributed by atoms with van der Waals surface area (Å²) in [6, 6.07) is 17.2. The molecular weight excluding hydrogens is 388 g/mol. The van der Waals surface area contributed by atoms with Gasteiger partial charge in [0, 0.05) is 11.1 Å². The summed E-state index contributed by atoms with van der Waals surface area (Å²) >= 11 is 0. The topological polar surface area (TPSA) is 9.23 Å². The Bertz CT molecular complexity index is 829. The van der Waals surface area contributed by atoms with Crippen LogP contribution in [0, 0.1) is 17.8 Å². The van der Waals surface area contributed by atoms with Crippen molar-refractivity contribution in [2.45, 2.75) is 103 Å². The molecule has 1 aliphatic carbocycles. The van der Waals surface area contributed by atoms with E-state index in [1.54, 1.807) is 0 Å². The van der Waals surface area contributed by atoms with E-state index >= 15 is 0 Å². The number of benzene rings is 2. The summed E-state index contributed by atoms with van der Waals surface area (Å²) in [6.45, 7) is 6.73. The summed E-state index contributed by atoms with van der Waals surface area (Å²) in [4.78, 5) is 0. The molecule has 0 aliphatic heterocycles. The molecule has 0 radical (unpaired) electrons. The van der Waals surface area contributed by atoms with E-state index in [0.717, 1.165) is 35.1 Å². The van der Waals surface area contributed by atoms with Crippen LogP contribution in [0.5, 0.6) is 5.75 Å². The van der Waals surface area contributed by atoms with Crippen molar-refractivity contribution in [3.8, 4) is 17.6 Å². The van der Waals surface area contributed by atoms with Crippen LogP contribution in [0.15, 0.2) is 48.5 Å². The maximum Gasteiger partial charge on any atom is 0.119 e. The van der Waals surface area contributed by atoms with Crippen molar-refractivity contribution < 1.29 is 4.74 Å². The first kappa shape index (κ1) is 24.4. The molecule has 2 aromatic carbocycles. The molecule has 0 aromatic heterocycles. The molecule has 0 N–H and O–H groups in total. The minimum absolute atomic E-state index is 0.268. The minimum Gasteiger partial charge on any atom is -0.491 e. The lowest BCUT2D eigenvalue weighted by atomic mass is 9.77. The van der Waals surface area contributed by atoms with Crippen LogP contribution in [0.4, 0.5) is 0 Å². The molecule has 32 heavy (non-hydrogen) atoms. The third-order valence-corrected chi connectivity index (χ3v) is 6.93. The molecule has 1 atom stereocenters. The van der Waals surface area contributed by atoms with Gasteiger partial charge in [0.1, 0.15) is 5.75 Å². The van der Waals surface area contributed by atoms with Crippen LogP contribution in [0.3, 0.4) is 0 Å². The summed E-state index contributed by atoms with van der Waals surface area (Å²) in [6.07, 6.45) is 14.8. The molecule has 0 unspecified atom stereocenters. The molecule has 1 fully saturated rings. The van der Waals surface area contributed by atoms with Crippen molar-refractivity contribution in [1.82, 2.24) is 0 Å². The highest BCUT2D eigenvalue weighted by Gasteiger charge is 2.21. The Morgan fingerprint density at radius 1 is 0.781 bits per heavy atom. The molecule has 3 rings (SSSR count). The van der Waals surface area contributed by atoms with Crippen molar-refractivity contribution >= 4 is 0 Å². The number of hydrogen-bond donors (Lipinski definition) is 0. The smallest absolute Gasteiger partial charge is 0.119 e. The van der Waals surface area contributed by atoms with E-state index in [1.807, 2.05) is 12.1 Å². The number of unbranched alkanes of at least 4 members (excludes halogenated alkanes) is 3. The third-order valence-electron chi connectivity index (χ3n) is 6.93. The fourth-order valence-electron chi connectivity index (χ4n) is 4.94. The van der Waals surface area contributed by atoms with Crippen molar-refractivity contribution in [1.29, 1.82) is 0 Å². The Balaban J connectivity index is 1.48. The first-order valence-corrected chi connectivity index (χ1v) is 13.1. The molecule has 1 aliphatic rings. The van der Waals surface area contributed by atoms with Gasteiger partial charge in [0.15, 0.2) is 0 Å². The molecule has 0 bridgehead atoms. The molecule has 0 spiro atoms. The zero-order valence-corrected chi connectivity index (χ0v) is 20.5. The van der Waals surface area contributed by atoms with Crippen molar-refractivity contribution in [3.05, 3.63) is 65.2 Å². The Labute approximate surface area is 197 Å². The Morgan fingerprint density at radius 3 is 2.00 bits per heavy atom. The predicted octanol–water partition coefficient (Wildman–Crippen LogP) is 8.90. The lowest BCUT2D eigenvalue weighted by molar-refractivity contribution is 0.206. The number of rotatable bonds is 10. The van der Waals surface area contributed by atoms with Crippen LogP contribution < -0.4 is 4.74 Å². The fraction of sp³-hybridized carbons (Fsp3) is 0.548. The zero-order valence-electron chi connectivity index (χ0n) is 20.5. The predicted molar refractivity (Wildman–Crippen MR) is 137 cm³/mol. The Kier molecular flexibility index (Phi) is 10.2. The molecule has 0 saturated heterocycles. The van der Waals surface area contributed by atoms with E-state index in [-0.39, 0.29) is 6.10 Å². The lowest BCUT2D eigenvalue weighted by Crippen LogP contribution is -2.13. The van der Waals surface area contributed by atoms with Crippen molar-refractivity contribution in [3.63, 3.8) is 0 Å². The Hall–Kier alpha value is -2.20. The molecule has 0 amide bonds. The molecular formula is C31H42O. The van der Waals surface area contributed by atoms with Gasteiger partial charge in [0.2, 0.25) is 0 Å². The van der Waals surface area contributed by atoms with Crippen LogP contribution >= 0.6 is 0 Å². The quantitative estimate of drug-likeness (QED) is 0.270. The largest absolute Gasteiger partial charge is 0.491 e. The van der Waals surface area contributed by atoms with Gasteiger partial charge in [-0.1, -0.05) is 69.9 Å². The van der Waals surface area contributed by atoms with Crippen LogP contribution in [-0.2, 0) is 0 Å². The first-order chi connectivity index (χ1) is 15.7. The second kappa shape index (κ2) is 13.4. The summed E-state index contributed by atoms with van der Waals surface area (Å²) in [5.41, 5.74) is 3.62. The van der Waals surface area contributed by atoms with Gasteiger partial charge in [-0.2, -0.15) is 0 Å². The number of ether oxygens (including phenoxy) is 1. The van der Waals surface area contributed by atoms with Crippen molar-refractivity contribution in [2.75, 3.05) is 0 Å². The first-order valence-electron chi connectivity index (χ1n) is 13.1. The van der Waals surface area contributed by atoms with E-state index in [4.69, 9.17) is 4.74 Å². The van der Waals surface area contributed by atoms with Gasteiger partial charge in [-0.15, -0.1) is 0 Å². The highest BCUT2D eigenvalue weighted by Crippen LogP contribution is 2.37. The van der Waals surface area contributed by atoms with Gasteiger partial charge < -0.3 is 4.74 Å². The van der Waals surface area contributed by atoms with Crippen LogP contribution in [0.2, 0.25) is 0 Å². The summed E-state index contributed by atoms with van der Waals surface area (Å²) in [5.74, 6) is 9.28. The summed E-state index contributed by atoms with van der Waals surface area (Å²) in [5, 5.41) is 0. The van der Waals surface area contributed by atoms with E-state index in [9.17, 15) is 0 Å². The molecule has 2 aromatic rings. The third kappa shape index (κ3) is 8.05. The van der Waals surface area contributed by atoms with Crippen LogP contribution in [0.25, 0.3) is 0 Å². The molecule has 172 valence electrons. The normalized spacial score (nSPS) is 19.1. The van der Waals surface area contributed by atoms with E-state index < -0.39 is 0 Å². The molecule has 1 heteroatoms. The molecule has 1 nitrogen and oxygen atoms in total. The van der Waals surface area contributed by atoms with Gasteiger partial charge >= 0.3 is 0 Å². The van der Waals surface area contributed by atoms with Gasteiger partial charge in [-0.3, -0.25) is 0 Å². The SMILES string of the molecule is CCCCCC[C@H](C)Oc1ccc(C#Cc2ccc(C3CCC(CCC)CC3)cc2)cc1. The average Bonchev–Trinajstić information content (AvgIpc) is 2.82. The highest BCUT2D eigenvalue weighted by atomic mass is 16.5. The molecule has 1 saturated carbocycles. The maximum absolute atomic E-state index is 6.06. The zero-order chi connectivity index (χ0) is 22.6. The van der Waals surface area contributed by atoms with Crippen LogP contribution in [0.1, 0.15) is 114 Å². The van der Waals surface area contributed by atoms with Gasteiger partial charge in [0.05, 0.1) is 6.10 Å². The average molecular weight is 431 g/mol. The van der Waals surface area contributed by atoms with Gasteiger partial charge in [-0.05, 0) is 99.2 Å². The standard InChI is InChI=1S/C31H42O/c1-4-6-7-8-10-25(3)32-31-23-17-28(18-24-31)12-11-27-15-21-30(22-16-27)29-19-13-26(9-5-2)14-20-29/h15-18,21-26,29H,4-10,13-14,19-20H2,1-3H3/t25-,26?,29?/m0/s1. The highest BCUT2D eigenvalue weighted by molar-refractivity contribution is 5.45. The maximum atomic E-state index is 6.06. The summed E-state index contributed by atoms with van der Waals surface area (Å²) < 4.78 is 6.06. The van der Waals surface area contributed by atoms with Crippen molar-refractivity contribution in [2.24, 2.45) is 5.92 Å². The van der Waals surface area contributed by atoms with Gasteiger partial charge in [-0.25, -0.2) is 0 Å². The monoisotopic (exact) mass is 430 g/mol. The second-order valence-corrected chi connectivity index (χ2v) is 9.68. The van der Waals surface area contributed by atoms with E-state index in [1.165, 1.54) is 69.8 Å². The van der Waals surface area contributed by atoms with E-state index in [2.05, 4.69) is 69.0 Å². The fourth-order valence-corrected chi connectivity index (χ4v) is 4.94. The molecule has 0 heterocycles. The second-order valence-electron chi connectivity index (χ2n) is 9.68. The minimum atomic E-state index is 0.268. The summed E-state index contributed by atoms with van der Waals surface area (Å²) in [7, 11) is 0. The van der Waals surface area contributed by atoms with E-state index in [0.29, 0.717) is 0 Å². The van der Waals surface area contributed by atoms with Crippen LogP contribution in [-0.4, -0.2) is 6.10 Å². The lowest BCUT2D eigenvalue weighted by Gasteiger charge is -2.28. The Morgan fingerprint density at radius 2 is 1.41 bits per heavy atom.